The molecule has 16 heavy (non-hydrogen) atoms. The summed E-state index contributed by atoms with van der Waals surface area (Å²) < 4.78 is 5.30. The lowest BCUT2D eigenvalue weighted by molar-refractivity contribution is -0.137. The van der Waals surface area contributed by atoms with Crippen molar-refractivity contribution in [1.29, 1.82) is 0 Å². The Hall–Kier alpha value is -1.62. The highest BCUT2D eigenvalue weighted by molar-refractivity contribution is 6.33. The van der Waals surface area contributed by atoms with Crippen molar-refractivity contribution in [3.8, 4) is 5.75 Å². The van der Waals surface area contributed by atoms with Crippen LogP contribution in [0, 0.1) is 0 Å². The van der Waals surface area contributed by atoms with Crippen molar-refractivity contribution in [2.75, 3.05) is 18.1 Å². The Morgan fingerprint density at radius 1 is 1.38 bits per heavy atom. The Kier molecular flexibility index (Phi) is 4.25. The summed E-state index contributed by atoms with van der Waals surface area (Å²) in [6, 6.07) is 3.03. The van der Waals surface area contributed by atoms with Crippen LogP contribution in [0.5, 0.6) is 5.75 Å². The van der Waals surface area contributed by atoms with Crippen LogP contribution in [0.3, 0.4) is 0 Å². The van der Waals surface area contributed by atoms with E-state index in [1.807, 2.05) is 0 Å². The number of benzene rings is 1. The van der Waals surface area contributed by atoms with Gasteiger partial charge in [0.25, 0.3) is 0 Å². The van der Waals surface area contributed by atoms with Gasteiger partial charge in [0.2, 0.25) is 0 Å². The third-order valence-corrected chi connectivity index (χ3v) is 2.25. The molecule has 0 amide bonds. The molecule has 0 spiro atoms. The van der Waals surface area contributed by atoms with Gasteiger partial charge in [0.05, 0.1) is 23.0 Å². The first-order valence-electron chi connectivity index (χ1n) is 4.70. The van der Waals surface area contributed by atoms with E-state index in [2.05, 4.69) is 0 Å². The minimum Gasteiger partial charge on any atom is -0.491 e. The largest absolute Gasteiger partial charge is 0.491 e. The van der Waals surface area contributed by atoms with Crippen LogP contribution < -0.4 is 16.2 Å². The lowest BCUT2D eigenvalue weighted by Crippen LogP contribution is -2.04. The monoisotopic (exact) mass is 244 g/mol. The molecule has 88 valence electrons. The van der Waals surface area contributed by atoms with Crippen LogP contribution in [0.4, 0.5) is 11.4 Å². The molecule has 0 bridgehead atoms. The summed E-state index contributed by atoms with van der Waals surface area (Å²) in [5, 5.41) is 8.80. The molecule has 0 aliphatic carbocycles. The van der Waals surface area contributed by atoms with Crippen LogP contribution in [-0.2, 0) is 4.79 Å². The van der Waals surface area contributed by atoms with Crippen molar-refractivity contribution < 1.29 is 14.6 Å². The third kappa shape index (κ3) is 3.51. The van der Waals surface area contributed by atoms with E-state index in [9.17, 15) is 4.79 Å². The van der Waals surface area contributed by atoms with Gasteiger partial charge in [-0.25, -0.2) is 0 Å². The molecule has 0 aliphatic rings. The number of carboxylic acid groups (broad SMARTS) is 1. The smallest absolute Gasteiger partial charge is 0.303 e. The van der Waals surface area contributed by atoms with Crippen molar-refractivity contribution in [2.24, 2.45) is 0 Å². The number of hydrogen-bond acceptors (Lipinski definition) is 4. The first-order valence-corrected chi connectivity index (χ1v) is 5.07. The fourth-order valence-corrected chi connectivity index (χ4v) is 1.29. The normalized spacial score (nSPS) is 10.1. The van der Waals surface area contributed by atoms with Crippen molar-refractivity contribution in [3.63, 3.8) is 0 Å². The first kappa shape index (κ1) is 12.4. The van der Waals surface area contributed by atoms with Crippen molar-refractivity contribution in [2.45, 2.75) is 12.8 Å². The summed E-state index contributed by atoms with van der Waals surface area (Å²) in [6.07, 6.45) is 0.473. The lowest BCUT2D eigenvalue weighted by atomic mass is 10.2. The molecule has 0 atom stereocenters. The SMILES string of the molecule is Nc1cc(OCCCC(=O)O)c(N)cc1Cl. The molecule has 1 aromatic rings. The van der Waals surface area contributed by atoms with E-state index in [0.717, 1.165) is 0 Å². The Bertz CT molecular complexity index is 396. The lowest BCUT2D eigenvalue weighted by Gasteiger charge is -2.09. The van der Waals surface area contributed by atoms with Gasteiger partial charge in [0.15, 0.2) is 0 Å². The first-order chi connectivity index (χ1) is 7.50. The number of carboxylic acids is 1. The zero-order valence-electron chi connectivity index (χ0n) is 8.57. The van der Waals surface area contributed by atoms with Crippen LogP contribution in [0.25, 0.3) is 0 Å². The molecule has 1 aromatic carbocycles. The molecular weight excluding hydrogens is 232 g/mol. The predicted molar refractivity (Wildman–Crippen MR) is 62.6 cm³/mol. The number of hydrogen-bond donors (Lipinski definition) is 3. The number of nitrogen functional groups attached to an aromatic ring is 2. The number of anilines is 2. The predicted octanol–water partition coefficient (Wildman–Crippen LogP) is 1.75. The zero-order valence-corrected chi connectivity index (χ0v) is 9.33. The molecule has 5 nitrogen and oxygen atoms in total. The van der Waals surface area contributed by atoms with E-state index in [1.54, 1.807) is 0 Å². The molecule has 6 heteroatoms. The van der Waals surface area contributed by atoms with Crippen molar-refractivity contribution >= 4 is 28.9 Å². The van der Waals surface area contributed by atoms with E-state index in [0.29, 0.717) is 28.6 Å². The topological polar surface area (TPSA) is 98.6 Å². The second-order valence-electron chi connectivity index (χ2n) is 3.26. The number of carbonyl (C=O) groups is 1. The molecule has 0 saturated carbocycles. The summed E-state index contributed by atoms with van der Waals surface area (Å²) in [6.45, 7) is 0.275. The van der Waals surface area contributed by atoms with Gasteiger partial charge in [-0.2, -0.15) is 0 Å². The Morgan fingerprint density at radius 3 is 2.69 bits per heavy atom. The van der Waals surface area contributed by atoms with Gasteiger partial charge in [-0.05, 0) is 12.5 Å². The molecule has 0 aromatic heterocycles. The summed E-state index contributed by atoms with van der Waals surface area (Å²) >= 11 is 5.75. The van der Waals surface area contributed by atoms with Crippen LogP contribution >= 0.6 is 11.6 Å². The van der Waals surface area contributed by atoms with Crippen molar-refractivity contribution in [1.82, 2.24) is 0 Å². The highest BCUT2D eigenvalue weighted by Gasteiger charge is 2.05. The maximum Gasteiger partial charge on any atom is 0.303 e. The minimum absolute atomic E-state index is 0.0585. The number of aliphatic carboxylic acids is 1. The minimum atomic E-state index is -0.854. The van der Waals surface area contributed by atoms with Gasteiger partial charge < -0.3 is 21.3 Å². The summed E-state index contributed by atoms with van der Waals surface area (Å²) in [5.41, 5.74) is 12.0. The van der Waals surface area contributed by atoms with Crippen molar-refractivity contribution in [3.05, 3.63) is 17.2 Å². The van der Waals surface area contributed by atoms with Crippen LogP contribution in [0.1, 0.15) is 12.8 Å². The standard InChI is InChI=1S/C10H13ClN2O3/c11-6-4-8(13)9(5-7(6)12)16-3-1-2-10(14)15/h4-5H,1-3,12-13H2,(H,14,15). The summed E-state index contributed by atoms with van der Waals surface area (Å²) in [4.78, 5) is 10.3. The highest BCUT2D eigenvalue weighted by atomic mass is 35.5. The number of nitrogens with two attached hydrogens (primary N) is 2. The number of ether oxygens (including phenoxy) is 1. The van der Waals surface area contributed by atoms with Gasteiger partial charge in [-0.3, -0.25) is 4.79 Å². The third-order valence-electron chi connectivity index (χ3n) is 1.92. The van der Waals surface area contributed by atoms with Gasteiger partial charge >= 0.3 is 5.97 Å². The maximum absolute atomic E-state index is 10.3. The number of halogens is 1. The second-order valence-corrected chi connectivity index (χ2v) is 3.66. The van der Waals surface area contributed by atoms with Gasteiger partial charge in [0, 0.05) is 12.5 Å². The average molecular weight is 245 g/mol. The zero-order chi connectivity index (χ0) is 12.1. The highest BCUT2D eigenvalue weighted by Crippen LogP contribution is 2.30. The van der Waals surface area contributed by atoms with E-state index in [-0.39, 0.29) is 13.0 Å². The quantitative estimate of drug-likeness (QED) is 0.541. The van der Waals surface area contributed by atoms with Gasteiger partial charge in [-0.15, -0.1) is 0 Å². The van der Waals surface area contributed by atoms with Crippen LogP contribution in [0.15, 0.2) is 12.1 Å². The van der Waals surface area contributed by atoms with E-state index in [1.165, 1.54) is 12.1 Å². The molecule has 0 fully saturated rings. The fourth-order valence-electron chi connectivity index (χ4n) is 1.12. The van der Waals surface area contributed by atoms with Gasteiger partial charge in [0.1, 0.15) is 5.75 Å². The molecule has 5 N–H and O–H groups in total. The maximum atomic E-state index is 10.3. The Morgan fingerprint density at radius 2 is 2.06 bits per heavy atom. The second kappa shape index (κ2) is 5.46. The Balaban J connectivity index is 2.54. The molecule has 0 aliphatic heterocycles. The van der Waals surface area contributed by atoms with Crippen LogP contribution in [0.2, 0.25) is 5.02 Å². The average Bonchev–Trinajstić information content (AvgIpc) is 2.19. The Labute approximate surface area is 97.9 Å². The molecular formula is C10H13ClN2O3. The molecule has 0 saturated heterocycles. The van der Waals surface area contributed by atoms with E-state index in [4.69, 9.17) is 32.9 Å². The summed E-state index contributed by atoms with van der Waals surface area (Å²) in [5.74, 6) is -0.431. The number of rotatable bonds is 5. The van der Waals surface area contributed by atoms with Gasteiger partial charge in [-0.1, -0.05) is 11.6 Å². The fraction of sp³-hybridized carbons (Fsp3) is 0.300. The van der Waals surface area contributed by atoms with Crippen LogP contribution in [-0.4, -0.2) is 17.7 Å². The van der Waals surface area contributed by atoms with E-state index < -0.39 is 5.97 Å². The molecule has 0 heterocycles. The molecule has 1 rings (SSSR count). The molecule has 0 radical (unpaired) electrons. The summed E-state index contributed by atoms with van der Waals surface area (Å²) in [7, 11) is 0. The molecule has 0 unspecified atom stereocenters. The van der Waals surface area contributed by atoms with E-state index >= 15 is 0 Å².